The number of benzene rings is 2. The number of aliphatic hydroxyl groups excluding tert-OH is 1. The van der Waals surface area contributed by atoms with Gasteiger partial charge in [-0.3, -0.25) is 0 Å². The Morgan fingerprint density at radius 1 is 1.15 bits per heavy atom. The molecule has 0 aromatic heterocycles. The Morgan fingerprint density at radius 3 is 2.50 bits per heavy atom. The summed E-state index contributed by atoms with van der Waals surface area (Å²) in [6.45, 7) is 0.270. The van der Waals surface area contributed by atoms with E-state index in [1.165, 1.54) is 0 Å². The van der Waals surface area contributed by atoms with E-state index in [1.807, 2.05) is 36.4 Å². The first kappa shape index (κ1) is 14.7. The highest BCUT2D eigenvalue weighted by Gasteiger charge is 2.16. The van der Waals surface area contributed by atoms with Gasteiger partial charge in [0.1, 0.15) is 11.9 Å². The molecule has 0 aliphatic heterocycles. The van der Waals surface area contributed by atoms with E-state index in [1.54, 1.807) is 7.11 Å². The van der Waals surface area contributed by atoms with Gasteiger partial charge in [-0.1, -0.05) is 30.3 Å². The summed E-state index contributed by atoms with van der Waals surface area (Å²) in [6, 6.07) is 11.5. The van der Waals surface area contributed by atoms with Gasteiger partial charge < -0.3 is 15.2 Å². The van der Waals surface area contributed by atoms with Crippen LogP contribution in [-0.2, 0) is 6.54 Å². The van der Waals surface area contributed by atoms with Crippen LogP contribution in [0.15, 0.2) is 36.4 Å². The zero-order valence-corrected chi connectivity index (χ0v) is 11.1. The molecule has 20 heavy (non-hydrogen) atoms. The molecule has 2 aromatic rings. The highest BCUT2D eigenvalue weighted by atomic mass is 19.3. The van der Waals surface area contributed by atoms with Crippen molar-refractivity contribution in [3.63, 3.8) is 0 Å². The molecule has 0 radical (unpaired) electrons. The lowest BCUT2D eigenvalue weighted by molar-refractivity contribution is -0.00339. The number of methoxy groups -OCH3 is 1. The molecule has 0 bridgehead atoms. The molecule has 108 valence electrons. The van der Waals surface area contributed by atoms with Crippen molar-refractivity contribution in [3.05, 3.63) is 42.0 Å². The van der Waals surface area contributed by atoms with Gasteiger partial charge in [-0.2, -0.15) is 0 Å². The SMILES string of the molecule is COc1ccc(CNCC(O)C(F)F)c2ccccc12. The lowest BCUT2D eigenvalue weighted by Crippen LogP contribution is -2.31. The van der Waals surface area contributed by atoms with Crippen molar-refractivity contribution >= 4 is 10.8 Å². The van der Waals surface area contributed by atoms with Gasteiger partial charge in [0, 0.05) is 18.5 Å². The van der Waals surface area contributed by atoms with Crippen molar-refractivity contribution in [2.24, 2.45) is 0 Å². The molecule has 0 saturated carbocycles. The number of alkyl halides is 2. The van der Waals surface area contributed by atoms with Gasteiger partial charge in [0.2, 0.25) is 0 Å². The van der Waals surface area contributed by atoms with Crippen LogP contribution in [0.3, 0.4) is 0 Å². The smallest absolute Gasteiger partial charge is 0.265 e. The second kappa shape index (κ2) is 6.63. The Morgan fingerprint density at radius 2 is 1.85 bits per heavy atom. The van der Waals surface area contributed by atoms with Crippen molar-refractivity contribution in [3.8, 4) is 5.75 Å². The van der Waals surface area contributed by atoms with Crippen molar-refractivity contribution in [2.45, 2.75) is 19.1 Å². The average molecular weight is 281 g/mol. The number of halogens is 2. The van der Waals surface area contributed by atoms with Gasteiger partial charge >= 0.3 is 0 Å². The summed E-state index contributed by atoms with van der Waals surface area (Å²) in [6.07, 6.45) is -4.37. The summed E-state index contributed by atoms with van der Waals surface area (Å²) in [5, 5.41) is 13.9. The normalized spacial score (nSPS) is 12.8. The topological polar surface area (TPSA) is 41.5 Å². The molecule has 5 heteroatoms. The van der Waals surface area contributed by atoms with Gasteiger partial charge in [0.25, 0.3) is 6.43 Å². The van der Waals surface area contributed by atoms with E-state index in [4.69, 9.17) is 9.84 Å². The summed E-state index contributed by atoms with van der Waals surface area (Å²) in [5.74, 6) is 0.775. The molecule has 2 rings (SSSR count). The number of aliphatic hydroxyl groups is 1. The van der Waals surface area contributed by atoms with E-state index < -0.39 is 12.5 Å². The third-order valence-electron chi connectivity index (χ3n) is 3.15. The molecular formula is C15H17F2NO2. The number of nitrogens with one attached hydrogen (secondary N) is 1. The van der Waals surface area contributed by atoms with Crippen LogP contribution in [0.25, 0.3) is 10.8 Å². The summed E-state index contributed by atoms with van der Waals surface area (Å²) < 4.78 is 29.7. The van der Waals surface area contributed by atoms with E-state index in [0.29, 0.717) is 6.54 Å². The van der Waals surface area contributed by atoms with E-state index >= 15 is 0 Å². The lowest BCUT2D eigenvalue weighted by atomic mass is 10.0. The standard InChI is InChI=1S/C15H17F2NO2/c1-20-14-7-6-10(8-18-9-13(19)15(16)17)11-4-2-3-5-12(11)14/h2-7,13,15,18-19H,8-9H2,1H3. The Kier molecular flexibility index (Phi) is 4.87. The van der Waals surface area contributed by atoms with Crippen LogP contribution in [0.2, 0.25) is 0 Å². The van der Waals surface area contributed by atoms with Crippen molar-refractivity contribution in [1.82, 2.24) is 5.32 Å². The minimum Gasteiger partial charge on any atom is -0.496 e. The zero-order chi connectivity index (χ0) is 14.5. The third-order valence-corrected chi connectivity index (χ3v) is 3.15. The zero-order valence-electron chi connectivity index (χ0n) is 11.1. The fraction of sp³-hybridized carbons (Fsp3) is 0.333. The first-order chi connectivity index (χ1) is 9.63. The highest BCUT2D eigenvalue weighted by molar-refractivity contribution is 5.91. The van der Waals surface area contributed by atoms with Crippen LogP contribution >= 0.6 is 0 Å². The van der Waals surface area contributed by atoms with Crippen LogP contribution < -0.4 is 10.1 Å². The van der Waals surface area contributed by atoms with Crippen molar-refractivity contribution in [1.29, 1.82) is 0 Å². The molecule has 0 fully saturated rings. The number of ether oxygens (including phenoxy) is 1. The minimum absolute atomic E-state index is 0.141. The predicted molar refractivity (Wildman–Crippen MR) is 74.2 cm³/mol. The minimum atomic E-state index is -2.73. The summed E-state index contributed by atoms with van der Waals surface area (Å²) >= 11 is 0. The van der Waals surface area contributed by atoms with Crippen LogP contribution in [0.1, 0.15) is 5.56 Å². The van der Waals surface area contributed by atoms with Crippen LogP contribution in [0, 0.1) is 0 Å². The fourth-order valence-corrected chi connectivity index (χ4v) is 2.11. The third kappa shape index (κ3) is 3.23. The van der Waals surface area contributed by atoms with Crippen LogP contribution in [-0.4, -0.2) is 31.3 Å². The molecule has 1 unspecified atom stereocenters. The van der Waals surface area contributed by atoms with Crippen LogP contribution in [0.5, 0.6) is 5.75 Å². The molecule has 1 atom stereocenters. The van der Waals surface area contributed by atoms with Gasteiger partial charge in [0.15, 0.2) is 0 Å². The van der Waals surface area contributed by atoms with Crippen LogP contribution in [0.4, 0.5) is 8.78 Å². The van der Waals surface area contributed by atoms with Gasteiger partial charge in [-0.15, -0.1) is 0 Å². The number of hydrogen-bond acceptors (Lipinski definition) is 3. The lowest BCUT2D eigenvalue weighted by Gasteiger charge is -2.13. The van der Waals surface area contributed by atoms with Gasteiger partial charge in [-0.05, 0) is 17.0 Å². The molecule has 2 aromatic carbocycles. The maximum absolute atomic E-state index is 12.2. The van der Waals surface area contributed by atoms with Gasteiger partial charge in [-0.25, -0.2) is 8.78 Å². The predicted octanol–water partition coefficient (Wildman–Crippen LogP) is 2.56. The number of hydrogen-bond donors (Lipinski definition) is 2. The Balaban J connectivity index is 2.15. The molecule has 0 aliphatic rings. The first-order valence-electron chi connectivity index (χ1n) is 6.35. The Labute approximate surface area is 116 Å². The molecule has 0 saturated heterocycles. The molecule has 2 N–H and O–H groups in total. The molecule has 0 aliphatic carbocycles. The number of rotatable bonds is 6. The maximum Gasteiger partial charge on any atom is 0.265 e. The summed E-state index contributed by atoms with van der Waals surface area (Å²) in [4.78, 5) is 0. The second-order valence-corrected chi connectivity index (χ2v) is 4.51. The summed E-state index contributed by atoms with van der Waals surface area (Å²) in [5.41, 5.74) is 0.975. The van der Waals surface area contributed by atoms with Crippen molar-refractivity contribution < 1.29 is 18.6 Å². The average Bonchev–Trinajstić information content (AvgIpc) is 2.47. The monoisotopic (exact) mass is 281 g/mol. The van der Waals surface area contributed by atoms with Gasteiger partial charge in [0.05, 0.1) is 7.11 Å². The largest absolute Gasteiger partial charge is 0.496 e. The van der Waals surface area contributed by atoms with Crippen molar-refractivity contribution in [2.75, 3.05) is 13.7 Å². The first-order valence-corrected chi connectivity index (χ1v) is 6.35. The quantitative estimate of drug-likeness (QED) is 0.855. The van der Waals surface area contributed by atoms with E-state index in [2.05, 4.69) is 5.32 Å². The molecular weight excluding hydrogens is 264 g/mol. The Hall–Kier alpha value is -1.72. The van der Waals surface area contributed by atoms with E-state index in [-0.39, 0.29) is 6.54 Å². The fourth-order valence-electron chi connectivity index (χ4n) is 2.11. The highest BCUT2D eigenvalue weighted by Crippen LogP contribution is 2.28. The Bertz CT molecular complexity index is 575. The molecule has 0 spiro atoms. The molecule has 0 heterocycles. The maximum atomic E-state index is 12.2. The number of fused-ring (bicyclic) bond motifs is 1. The van der Waals surface area contributed by atoms with E-state index in [0.717, 1.165) is 22.1 Å². The van der Waals surface area contributed by atoms with E-state index in [9.17, 15) is 8.78 Å². The second-order valence-electron chi connectivity index (χ2n) is 4.51. The summed E-state index contributed by atoms with van der Waals surface area (Å²) in [7, 11) is 1.61. The molecule has 3 nitrogen and oxygen atoms in total. The molecule has 0 amide bonds.